The first-order chi connectivity index (χ1) is 8.39. The number of rotatable bonds is 5. The zero-order chi connectivity index (χ0) is 13.8. The lowest BCUT2D eigenvalue weighted by atomic mass is 9.95. The molecule has 104 valence electrons. The van der Waals surface area contributed by atoms with Crippen LogP contribution < -0.4 is 10.6 Å². The van der Waals surface area contributed by atoms with Crippen LogP contribution in [0.4, 0.5) is 4.79 Å². The normalized spacial score (nSPS) is 28.7. The number of aliphatic carboxylic acids is 1. The molecule has 1 fully saturated rings. The lowest BCUT2D eigenvalue weighted by molar-refractivity contribution is -0.141. The molecule has 1 aliphatic heterocycles. The SMILES string of the molecule is CCC(CNC(=O)NC1(C)CCOC1C)C(=O)O. The summed E-state index contributed by atoms with van der Waals surface area (Å²) in [6, 6.07) is -0.338. The van der Waals surface area contributed by atoms with Crippen molar-refractivity contribution in [1.82, 2.24) is 10.6 Å². The van der Waals surface area contributed by atoms with Gasteiger partial charge in [0.25, 0.3) is 0 Å². The Balaban J connectivity index is 2.40. The molecule has 3 atom stereocenters. The van der Waals surface area contributed by atoms with E-state index in [1.165, 1.54) is 0 Å². The van der Waals surface area contributed by atoms with E-state index < -0.39 is 11.9 Å². The molecule has 0 aromatic heterocycles. The zero-order valence-electron chi connectivity index (χ0n) is 11.2. The van der Waals surface area contributed by atoms with E-state index in [0.29, 0.717) is 13.0 Å². The van der Waals surface area contributed by atoms with Gasteiger partial charge in [-0.3, -0.25) is 4.79 Å². The number of urea groups is 1. The Hall–Kier alpha value is -1.30. The third kappa shape index (κ3) is 3.60. The molecule has 1 heterocycles. The molecule has 6 heteroatoms. The van der Waals surface area contributed by atoms with Crippen molar-refractivity contribution in [3.05, 3.63) is 0 Å². The Bertz CT molecular complexity index is 321. The van der Waals surface area contributed by atoms with Crippen molar-refractivity contribution in [1.29, 1.82) is 0 Å². The van der Waals surface area contributed by atoms with Crippen LogP contribution in [-0.2, 0) is 9.53 Å². The van der Waals surface area contributed by atoms with Crippen LogP contribution in [0.1, 0.15) is 33.6 Å². The summed E-state index contributed by atoms with van der Waals surface area (Å²) in [5.74, 6) is -1.43. The highest BCUT2D eigenvalue weighted by molar-refractivity contribution is 5.76. The zero-order valence-corrected chi connectivity index (χ0v) is 11.2. The highest BCUT2D eigenvalue weighted by Crippen LogP contribution is 2.24. The van der Waals surface area contributed by atoms with Crippen molar-refractivity contribution < 1.29 is 19.4 Å². The Morgan fingerprint density at radius 1 is 1.56 bits per heavy atom. The quantitative estimate of drug-likeness (QED) is 0.685. The van der Waals surface area contributed by atoms with Gasteiger partial charge in [-0.1, -0.05) is 6.92 Å². The summed E-state index contributed by atoms with van der Waals surface area (Å²) in [6.07, 6.45) is 1.22. The van der Waals surface area contributed by atoms with Crippen LogP contribution in [0.2, 0.25) is 0 Å². The van der Waals surface area contributed by atoms with Crippen LogP contribution in [0.3, 0.4) is 0 Å². The number of carboxylic acids is 1. The Kier molecular flexibility index (Phi) is 4.95. The molecular weight excluding hydrogens is 236 g/mol. The molecule has 6 nitrogen and oxygen atoms in total. The minimum absolute atomic E-state index is 0.0373. The summed E-state index contributed by atoms with van der Waals surface area (Å²) in [5.41, 5.74) is -0.380. The van der Waals surface area contributed by atoms with E-state index >= 15 is 0 Å². The minimum Gasteiger partial charge on any atom is -0.481 e. The van der Waals surface area contributed by atoms with E-state index in [0.717, 1.165) is 6.42 Å². The maximum atomic E-state index is 11.7. The number of carboxylic acid groups (broad SMARTS) is 1. The monoisotopic (exact) mass is 258 g/mol. The number of nitrogens with one attached hydrogen (secondary N) is 2. The van der Waals surface area contributed by atoms with Gasteiger partial charge in [0.1, 0.15) is 0 Å². The van der Waals surface area contributed by atoms with Gasteiger partial charge < -0.3 is 20.5 Å². The van der Waals surface area contributed by atoms with E-state index in [4.69, 9.17) is 9.84 Å². The molecular formula is C12H22N2O4. The van der Waals surface area contributed by atoms with Gasteiger partial charge in [0, 0.05) is 13.2 Å². The van der Waals surface area contributed by atoms with Crippen molar-refractivity contribution in [3.8, 4) is 0 Å². The summed E-state index contributed by atoms with van der Waals surface area (Å²) < 4.78 is 5.42. The number of ether oxygens (including phenoxy) is 1. The number of hydrogen-bond donors (Lipinski definition) is 3. The number of hydrogen-bond acceptors (Lipinski definition) is 3. The largest absolute Gasteiger partial charge is 0.481 e. The summed E-state index contributed by atoms with van der Waals surface area (Å²) in [6.45, 7) is 6.40. The van der Waals surface area contributed by atoms with Crippen molar-refractivity contribution >= 4 is 12.0 Å². The smallest absolute Gasteiger partial charge is 0.315 e. The molecule has 1 aliphatic rings. The molecule has 0 aliphatic carbocycles. The van der Waals surface area contributed by atoms with Crippen LogP contribution in [-0.4, -0.2) is 41.9 Å². The molecule has 0 radical (unpaired) electrons. The molecule has 18 heavy (non-hydrogen) atoms. The summed E-state index contributed by atoms with van der Waals surface area (Å²) in [4.78, 5) is 22.5. The average molecular weight is 258 g/mol. The summed E-state index contributed by atoms with van der Waals surface area (Å²) in [5, 5.41) is 14.3. The molecule has 3 N–H and O–H groups in total. The van der Waals surface area contributed by atoms with Gasteiger partial charge >= 0.3 is 12.0 Å². The molecule has 2 amide bonds. The third-order valence-corrected chi connectivity index (χ3v) is 3.64. The third-order valence-electron chi connectivity index (χ3n) is 3.64. The lowest BCUT2D eigenvalue weighted by Crippen LogP contribution is -2.54. The number of carbonyl (C=O) groups excluding carboxylic acids is 1. The Morgan fingerprint density at radius 2 is 2.22 bits per heavy atom. The predicted molar refractivity (Wildman–Crippen MR) is 66.4 cm³/mol. The molecule has 0 bridgehead atoms. The van der Waals surface area contributed by atoms with Crippen LogP contribution in [0, 0.1) is 5.92 Å². The van der Waals surface area contributed by atoms with E-state index in [2.05, 4.69) is 10.6 Å². The Morgan fingerprint density at radius 3 is 2.67 bits per heavy atom. The lowest BCUT2D eigenvalue weighted by Gasteiger charge is -2.29. The van der Waals surface area contributed by atoms with Gasteiger partial charge in [0.05, 0.1) is 17.6 Å². The van der Waals surface area contributed by atoms with Gasteiger partial charge in [-0.25, -0.2) is 4.79 Å². The maximum Gasteiger partial charge on any atom is 0.315 e. The van der Waals surface area contributed by atoms with Crippen molar-refractivity contribution in [2.75, 3.05) is 13.2 Å². The van der Waals surface area contributed by atoms with E-state index in [1.807, 2.05) is 13.8 Å². The summed E-state index contributed by atoms with van der Waals surface area (Å²) in [7, 11) is 0. The second-order valence-corrected chi connectivity index (χ2v) is 4.96. The van der Waals surface area contributed by atoms with Crippen LogP contribution in [0.5, 0.6) is 0 Å². The first kappa shape index (κ1) is 14.8. The summed E-state index contributed by atoms with van der Waals surface area (Å²) >= 11 is 0. The van der Waals surface area contributed by atoms with Crippen molar-refractivity contribution in [2.45, 2.75) is 45.3 Å². The van der Waals surface area contributed by atoms with Gasteiger partial charge in [-0.15, -0.1) is 0 Å². The van der Waals surface area contributed by atoms with Crippen LogP contribution >= 0.6 is 0 Å². The topological polar surface area (TPSA) is 87.7 Å². The minimum atomic E-state index is -0.887. The van der Waals surface area contributed by atoms with E-state index in [1.54, 1.807) is 6.92 Å². The van der Waals surface area contributed by atoms with Gasteiger partial charge in [-0.2, -0.15) is 0 Å². The van der Waals surface area contributed by atoms with Gasteiger partial charge in [-0.05, 0) is 26.7 Å². The second-order valence-electron chi connectivity index (χ2n) is 4.96. The predicted octanol–water partition coefficient (Wildman–Crippen LogP) is 0.964. The number of carbonyl (C=O) groups is 2. The molecule has 0 aromatic rings. The first-order valence-corrected chi connectivity index (χ1v) is 6.29. The standard InChI is InChI=1S/C12H22N2O4/c1-4-9(10(15)16)7-13-11(17)14-12(3)5-6-18-8(12)2/h8-9H,4-7H2,1-3H3,(H,15,16)(H2,13,14,17). The Labute approximate surface area is 107 Å². The van der Waals surface area contributed by atoms with E-state index in [9.17, 15) is 9.59 Å². The van der Waals surface area contributed by atoms with Crippen LogP contribution in [0.25, 0.3) is 0 Å². The molecule has 1 rings (SSSR count). The highest BCUT2D eigenvalue weighted by atomic mass is 16.5. The van der Waals surface area contributed by atoms with Gasteiger partial charge in [0.15, 0.2) is 0 Å². The first-order valence-electron chi connectivity index (χ1n) is 6.29. The van der Waals surface area contributed by atoms with Gasteiger partial charge in [0.2, 0.25) is 0 Å². The second kappa shape index (κ2) is 6.04. The fourth-order valence-corrected chi connectivity index (χ4v) is 1.92. The molecule has 0 aromatic carbocycles. The molecule has 3 unspecified atom stereocenters. The van der Waals surface area contributed by atoms with Crippen molar-refractivity contribution in [3.63, 3.8) is 0 Å². The van der Waals surface area contributed by atoms with Crippen LogP contribution in [0.15, 0.2) is 0 Å². The fourth-order valence-electron chi connectivity index (χ4n) is 1.92. The molecule has 0 saturated carbocycles. The van der Waals surface area contributed by atoms with E-state index in [-0.39, 0.29) is 24.2 Å². The molecule has 1 saturated heterocycles. The maximum absolute atomic E-state index is 11.7. The molecule has 0 spiro atoms. The van der Waals surface area contributed by atoms with Crippen molar-refractivity contribution in [2.24, 2.45) is 5.92 Å². The fraction of sp³-hybridized carbons (Fsp3) is 0.833. The average Bonchev–Trinajstić information content (AvgIpc) is 2.59. The highest BCUT2D eigenvalue weighted by Gasteiger charge is 2.38. The number of amides is 2.